The minimum atomic E-state index is -0.547. The smallest absolute Gasteiger partial charge is 0.119 e. The topological polar surface area (TPSA) is 59.7 Å². The summed E-state index contributed by atoms with van der Waals surface area (Å²) >= 11 is 0. The van der Waals surface area contributed by atoms with E-state index >= 15 is 0 Å². The maximum Gasteiger partial charge on any atom is 0.119 e. The number of ether oxygens (including phenoxy) is 1. The molecule has 0 spiro atoms. The summed E-state index contributed by atoms with van der Waals surface area (Å²) < 4.78 is 5.75. The van der Waals surface area contributed by atoms with Crippen molar-refractivity contribution in [2.24, 2.45) is 0 Å². The monoisotopic (exact) mass is 441 g/mol. The SMILES string of the molecule is N#CCc1ccc(OC[C@@H](O)CN2CCN(C(c3ccccc3)c3ccccc3)CC2)cc1. The first-order valence-electron chi connectivity index (χ1n) is 11.6. The number of aliphatic hydroxyl groups is 1. The molecule has 1 heterocycles. The summed E-state index contributed by atoms with van der Waals surface area (Å²) in [4.78, 5) is 4.85. The van der Waals surface area contributed by atoms with Crippen LogP contribution in [0.25, 0.3) is 0 Å². The van der Waals surface area contributed by atoms with Crippen LogP contribution in [0.15, 0.2) is 84.9 Å². The molecule has 0 unspecified atom stereocenters. The minimum Gasteiger partial charge on any atom is -0.491 e. The van der Waals surface area contributed by atoms with Gasteiger partial charge in [0.25, 0.3) is 0 Å². The van der Waals surface area contributed by atoms with Crippen molar-refractivity contribution < 1.29 is 9.84 Å². The van der Waals surface area contributed by atoms with E-state index in [-0.39, 0.29) is 12.6 Å². The van der Waals surface area contributed by atoms with Gasteiger partial charge < -0.3 is 9.84 Å². The molecule has 1 saturated heterocycles. The van der Waals surface area contributed by atoms with Crippen LogP contribution in [0.4, 0.5) is 0 Å². The molecule has 0 aliphatic carbocycles. The molecule has 1 aliphatic heterocycles. The molecule has 170 valence electrons. The second-order valence-corrected chi connectivity index (χ2v) is 8.50. The number of nitrogens with zero attached hydrogens (tertiary/aromatic N) is 3. The second-order valence-electron chi connectivity index (χ2n) is 8.50. The predicted octanol–water partition coefficient (Wildman–Crippen LogP) is 3.90. The van der Waals surface area contributed by atoms with Crippen LogP contribution in [0.2, 0.25) is 0 Å². The van der Waals surface area contributed by atoms with Crippen LogP contribution < -0.4 is 4.74 Å². The first kappa shape index (κ1) is 23.0. The van der Waals surface area contributed by atoms with E-state index < -0.39 is 6.10 Å². The van der Waals surface area contributed by atoms with Gasteiger partial charge in [0.15, 0.2) is 0 Å². The van der Waals surface area contributed by atoms with Crippen molar-refractivity contribution in [1.82, 2.24) is 9.80 Å². The predicted molar refractivity (Wildman–Crippen MR) is 130 cm³/mol. The molecule has 5 nitrogen and oxygen atoms in total. The Kier molecular flexibility index (Phi) is 8.10. The highest BCUT2D eigenvalue weighted by Crippen LogP contribution is 2.29. The number of hydrogen-bond donors (Lipinski definition) is 1. The third kappa shape index (κ3) is 6.43. The van der Waals surface area contributed by atoms with Crippen LogP contribution in [0.3, 0.4) is 0 Å². The number of β-amino-alcohol motifs (C(OH)–C–C–N with tert-alkyl or cyclic N) is 1. The van der Waals surface area contributed by atoms with Crippen molar-refractivity contribution in [1.29, 1.82) is 5.26 Å². The van der Waals surface area contributed by atoms with Gasteiger partial charge in [0, 0.05) is 32.7 Å². The molecule has 1 N–H and O–H groups in total. The Labute approximate surface area is 196 Å². The zero-order chi connectivity index (χ0) is 22.9. The lowest BCUT2D eigenvalue weighted by Crippen LogP contribution is -2.50. The first-order chi connectivity index (χ1) is 16.2. The Morgan fingerprint density at radius 3 is 1.94 bits per heavy atom. The van der Waals surface area contributed by atoms with E-state index in [0.717, 1.165) is 31.7 Å². The number of benzene rings is 3. The molecule has 0 saturated carbocycles. The van der Waals surface area contributed by atoms with E-state index in [9.17, 15) is 5.11 Å². The standard InChI is InChI=1S/C28H31N3O2/c29-16-15-23-11-13-27(14-12-23)33-22-26(32)21-30-17-19-31(20-18-30)28(24-7-3-1-4-8-24)25-9-5-2-6-10-25/h1-14,26,28,32H,15,17-22H2/t26-/m0/s1. The Morgan fingerprint density at radius 2 is 1.39 bits per heavy atom. The van der Waals surface area contributed by atoms with Gasteiger partial charge in [0.2, 0.25) is 0 Å². The van der Waals surface area contributed by atoms with Crippen LogP contribution in [-0.2, 0) is 6.42 Å². The normalized spacial score (nSPS) is 15.8. The van der Waals surface area contributed by atoms with Crippen molar-refractivity contribution in [3.63, 3.8) is 0 Å². The number of hydrogen-bond acceptors (Lipinski definition) is 5. The zero-order valence-electron chi connectivity index (χ0n) is 18.9. The van der Waals surface area contributed by atoms with Gasteiger partial charge in [0.1, 0.15) is 18.5 Å². The Balaban J connectivity index is 1.29. The molecule has 1 atom stereocenters. The molecule has 0 amide bonds. The van der Waals surface area contributed by atoms with Gasteiger partial charge in [-0.25, -0.2) is 0 Å². The largest absolute Gasteiger partial charge is 0.491 e. The average Bonchev–Trinajstić information content (AvgIpc) is 2.86. The average molecular weight is 442 g/mol. The second kappa shape index (κ2) is 11.6. The lowest BCUT2D eigenvalue weighted by atomic mass is 9.96. The van der Waals surface area contributed by atoms with E-state index in [1.165, 1.54) is 11.1 Å². The summed E-state index contributed by atoms with van der Waals surface area (Å²) in [5.41, 5.74) is 3.59. The summed E-state index contributed by atoms with van der Waals surface area (Å²) in [6.07, 6.45) is -0.154. The van der Waals surface area contributed by atoms with E-state index in [0.29, 0.717) is 18.7 Å². The maximum absolute atomic E-state index is 10.5. The van der Waals surface area contributed by atoms with E-state index in [4.69, 9.17) is 10.00 Å². The molecule has 3 aromatic rings. The van der Waals surface area contributed by atoms with Crippen LogP contribution in [0.5, 0.6) is 5.75 Å². The lowest BCUT2D eigenvalue weighted by molar-refractivity contribution is 0.0401. The van der Waals surface area contributed by atoms with E-state index in [1.807, 2.05) is 24.3 Å². The minimum absolute atomic E-state index is 0.242. The van der Waals surface area contributed by atoms with Gasteiger partial charge in [-0.1, -0.05) is 72.8 Å². The lowest BCUT2D eigenvalue weighted by Gasteiger charge is -2.40. The van der Waals surface area contributed by atoms with E-state index in [1.54, 1.807) is 0 Å². The summed E-state index contributed by atoms with van der Waals surface area (Å²) in [6.45, 7) is 4.58. The Bertz CT molecular complexity index is 971. The highest BCUT2D eigenvalue weighted by Gasteiger charge is 2.27. The first-order valence-corrected chi connectivity index (χ1v) is 11.6. The molecule has 5 heteroatoms. The molecule has 0 radical (unpaired) electrons. The Morgan fingerprint density at radius 1 is 0.818 bits per heavy atom. The summed E-state index contributed by atoms with van der Waals surface area (Å²) in [5, 5.41) is 19.3. The van der Waals surface area contributed by atoms with Crippen LogP contribution in [-0.4, -0.2) is 60.3 Å². The van der Waals surface area contributed by atoms with Crippen LogP contribution in [0, 0.1) is 11.3 Å². The van der Waals surface area contributed by atoms with Crippen LogP contribution >= 0.6 is 0 Å². The third-order valence-electron chi connectivity index (χ3n) is 6.12. The van der Waals surface area contributed by atoms with Crippen molar-refractivity contribution in [2.45, 2.75) is 18.6 Å². The van der Waals surface area contributed by atoms with Crippen molar-refractivity contribution in [3.05, 3.63) is 102 Å². The quantitative estimate of drug-likeness (QED) is 0.546. The fourth-order valence-corrected chi connectivity index (χ4v) is 4.43. The fourth-order valence-electron chi connectivity index (χ4n) is 4.43. The summed E-state index contributed by atoms with van der Waals surface area (Å²) in [6, 6.07) is 31.2. The summed E-state index contributed by atoms with van der Waals surface area (Å²) in [7, 11) is 0. The molecule has 3 aromatic carbocycles. The molecule has 33 heavy (non-hydrogen) atoms. The third-order valence-corrected chi connectivity index (χ3v) is 6.12. The molecule has 0 aromatic heterocycles. The van der Waals surface area contributed by atoms with Crippen molar-refractivity contribution in [2.75, 3.05) is 39.3 Å². The summed E-state index contributed by atoms with van der Waals surface area (Å²) in [5.74, 6) is 0.717. The highest BCUT2D eigenvalue weighted by atomic mass is 16.5. The van der Waals surface area contributed by atoms with E-state index in [2.05, 4.69) is 76.5 Å². The zero-order valence-corrected chi connectivity index (χ0v) is 18.9. The van der Waals surface area contributed by atoms with Crippen LogP contribution in [0.1, 0.15) is 22.7 Å². The van der Waals surface area contributed by atoms with Gasteiger partial charge in [-0.05, 0) is 28.8 Å². The van der Waals surface area contributed by atoms with Crippen molar-refractivity contribution >= 4 is 0 Å². The number of aliphatic hydroxyl groups excluding tert-OH is 1. The van der Waals surface area contributed by atoms with Gasteiger partial charge >= 0.3 is 0 Å². The number of rotatable bonds is 9. The molecule has 1 aliphatic rings. The molecule has 4 rings (SSSR count). The van der Waals surface area contributed by atoms with Gasteiger partial charge in [-0.2, -0.15) is 5.26 Å². The molecule has 1 fully saturated rings. The van der Waals surface area contributed by atoms with Gasteiger partial charge in [-0.15, -0.1) is 0 Å². The maximum atomic E-state index is 10.5. The van der Waals surface area contributed by atoms with Crippen molar-refractivity contribution in [3.8, 4) is 11.8 Å². The molecular weight excluding hydrogens is 410 g/mol. The highest BCUT2D eigenvalue weighted by molar-refractivity contribution is 5.32. The fraction of sp³-hybridized carbons (Fsp3) is 0.321. The van der Waals surface area contributed by atoms with Gasteiger partial charge in [0.05, 0.1) is 18.5 Å². The number of nitriles is 1. The molecular formula is C28H31N3O2. The molecule has 0 bridgehead atoms. The van der Waals surface area contributed by atoms with Gasteiger partial charge in [-0.3, -0.25) is 9.80 Å². The Hall–Kier alpha value is -3.17. The number of piperazine rings is 1.